The molecule has 2 heterocycles. The minimum atomic E-state index is -0.367. The number of nitrogens with zero attached hydrogens (tertiary/aromatic N) is 4. The van der Waals surface area contributed by atoms with E-state index in [9.17, 15) is 9.59 Å². The second-order valence-electron chi connectivity index (χ2n) is 5.38. The minimum absolute atomic E-state index is 0.333. The van der Waals surface area contributed by atoms with Gasteiger partial charge in [-0.3, -0.25) is 13.9 Å². The van der Waals surface area contributed by atoms with Crippen molar-refractivity contribution < 1.29 is 0 Å². The SMILES string of the molecule is CCSc1nc(CC(C)C)nc2c1c(=O)n(C)c(=O)n2C. The zero-order valence-corrected chi connectivity index (χ0v) is 13.8. The smallest absolute Gasteiger partial charge is 0.280 e. The summed E-state index contributed by atoms with van der Waals surface area (Å²) in [6.07, 6.45) is 0.719. The fraction of sp³-hybridized carbons (Fsp3) is 0.571. The van der Waals surface area contributed by atoms with Gasteiger partial charge in [0.15, 0.2) is 5.65 Å². The zero-order chi connectivity index (χ0) is 15.7. The van der Waals surface area contributed by atoms with Gasteiger partial charge in [0.05, 0.1) is 0 Å². The first-order valence-corrected chi connectivity index (χ1v) is 7.94. The Labute approximate surface area is 127 Å². The molecule has 0 bridgehead atoms. The molecule has 114 valence electrons. The Kier molecular flexibility index (Phi) is 4.51. The van der Waals surface area contributed by atoms with E-state index in [4.69, 9.17) is 0 Å². The highest BCUT2D eigenvalue weighted by atomic mass is 32.2. The number of fused-ring (bicyclic) bond motifs is 1. The van der Waals surface area contributed by atoms with E-state index in [1.165, 1.54) is 23.4 Å². The number of hydrogen-bond donors (Lipinski definition) is 0. The normalized spacial score (nSPS) is 11.5. The van der Waals surface area contributed by atoms with E-state index < -0.39 is 0 Å². The van der Waals surface area contributed by atoms with Gasteiger partial charge >= 0.3 is 5.69 Å². The first-order valence-electron chi connectivity index (χ1n) is 6.96. The molecule has 2 aromatic rings. The molecule has 0 saturated heterocycles. The largest absolute Gasteiger partial charge is 0.332 e. The second kappa shape index (κ2) is 6.01. The first kappa shape index (κ1) is 15.8. The van der Waals surface area contributed by atoms with Crippen LogP contribution in [0, 0.1) is 5.92 Å². The minimum Gasteiger partial charge on any atom is -0.280 e. The summed E-state index contributed by atoms with van der Waals surface area (Å²) in [5, 5.41) is 1.09. The lowest BCUT2D eigenvalue weighted by molar-refractivity contribution is 0.614. The van der Waals surface area contributed by atoms with Crippen molar-refractivity contribution in [2.45, 2.75) is 32.2 Å². The van der Waals surface area contributed by atoms with Crippen LogP contribution in [-0.4, -0.2) is 24.9 Å². The summed E-state index contributed by atoms with van der Waals surface area (Å²) in [5.74, 6) is 1.89. The van der Waals surface area contributed by atoms with E-state index in [-0.39, 0.29) is 11.2 Å². The molecule has 0 unspecified atom stereocenters. The van der Waals surface area contributed by atoms with Gasteiger partial charge in [-0.25, -0.2) is 14.8 Å². The molecule has 21 heavy (non-hydrogen) atoms. The van der Waals surface area contributed by atoms with Crippen molar-refractivity contribution in [2.24, 2.45) is 20.0 Å². The van der Waals surface area contributed by atoms with Crippen molar-refractivity contribution in [3.8, 4) is 0 Å². The first-order chi connectivity index (χ1) is 9.86. The second-order valence-corrected chi connectivity index (χ2v) is 6.63. The maximum Gasteiger partial charge on any atom is 0.332 e. The fourth-order valence-electron chi connectivity index (χ4n) is 2.17. The topological polar surface area (TPSA) is 69.8 Å². The molecular weight excluding hydrogens is 288 g/mol. The van der Waals surface area contributed by atoms with Crippen LogP contribution in [0.25, 0.3) is 11.0 Å². The molecule has 0 amide bonds. The average molecular weight is 308 g/mol. The summed E-state index contributed by atoms with van der Waals surface area (Å²) < 4.78 is 2.52. The molecule has 6 nitrogen and oxygen atoms in total. The van der Waals surface area contributed by atoms with Gasteiger partial charge in [-0.2, -0.15) is 0 Å². The monoisotopic (exact) mass is 308 g/mol. The van der Waals surface area contributed by atoms with Crippen molar-refractivity contribution in [3.63, 3.8) is 0 Å². The van der Waals surface area contributed by atoms with Crippen molar-refractivity contribution in [1.82, 2.24) is 19.1 Å². The number of rotatable bonds is 4. The van der Waals surface area contributed by atoms with Crippen molar-refractivity contribution in [1.29, 1.82) is 0 Å². The highest BCUT2D eigenvalue weighted by molar-refractivity contribution is 7.99. The molecule has 0 atom stereocenters. The number of hydrogen-bond acceptors (Lipinski definition) is 5. The van der Waals surface area contributed by atoms with E-state index in [0.29, 0.717) is 27.8 Å². The molecular formula is C14H20N4O2S. The number of aromatic nitrogens is 4. The van der Waals surface area contributed by atoms with Crippen LogP contribution < -0.4 is 11.2 Å². The van der Waals surface area contributed by atoms with Crippen LogP contribution in [0.4, 0.5) is 0 Å². The standard InChI is InChI=1S/C14H20N4O2S/c1-6-21-12-10-11(15-9(16-12)7-8(2)3)17(4)14(20)18(5)13(10)19/h8H,6-7H2,1-5H3. The Morgan fingerprint density at radius 3 is 2.38 bits per heavy atom. The highest BCUT2D eigenvalue weighted by Gasteiger charge is 2.17. The molecule has 0 aliphatic rings. The average Bonchev–Trinajstić information content (AvgIpc) is 2.42. The molecule has 0 N–H and O–H groups in total. The van der Waals surface area contributed by atoms with Crippen LogP contribution in [0.2, 0.25) is 0 Å². The van der Waals surface area contributed by atoms with E-state index in [2.05, 4.69) is 23.8 Å². The van der Waals surface area contributed by atoms with Crippen LogP contribution in [0.15, 0.2) is 14.6 Å². The van der Waals surface area contributed by atoms with Crippen LogP contribution in [-0.2, 0) is 20.5 Å². The molecule has 0 radical (unpaired) electrons. The van der Waals surface area contributed by atoms with Crippen molar-refractivity contribution >= 4 is 22.8 Å². The number of thioether (sulfide) groups is 1. The predicted molar refractivity (Wildman–Crippen MR) is 85.0 cm³/mol. The molecule has 2 aromatic heterocycles. The third kappa shape index (κ3) is 2.88. The summed E-state index contributed by atoms with van der Waals surface area (Å²) in [6, 6.07) is 0. The van der Waals surface area contributed by atoms with Gasteiger partial charge in [0.2, 0.25) is 0 Å². The zero-order valence-electron chi connectivity index (χ0n) is 13.0. The van der Waals surface area contributed by atoms with Gasteiger partial charge in [-0.05, 0) is 11.7 Å². The lowest BCUT2D eigenvalue weighted by Gasteiger charge is -2.12. The Morgan fingerprint density at radius 2 is 1.81 bits per heavy atom. The van der Waals surface area contributed by atoms with E-state index in [1.807, 2.05) is 6.92 Å². The molecule has 0 aromatic carbocycles. The summed E-state index contributed by atoms with van der Waals surface area (Å²) in [6.45, 7) is 6.18. The Morgan fingerprint density at radius 1 is 1.14 bits per heavy atom. The van der Waals surface area contributed by atoms with E-state index >= 15 is 0 Å². The van der Waals surface area contributed by atoms with Gasteiger partial charge < -0.3 is 0 Å². The lowest BCUT2D eigenvalue weighted by Crippen LogP contribution is -2.38. The highest BCUT2D eigenvalue weighted by Crippen LogP contribution is 2.22. The summed E-state index contributed by atoms with van der Waals surface area (Å²) >= 11 is 1.50. The van der Waals surface area contributed by atoms with Gasteiger partial charge in [0.25, 0.3) is 5.56 Å². The Bertz CT molecular complexity index is 792. The number of aryl methyl sites for hydroxylation is 1. The summed E-state index contributed by atoms with van der Waals surface area (Å²) in [5.41, 5.74) is -0.279. The van der Waals surface area contributed by atoms with Crippen molar-refractivity contribution in [2.75, 3.05) is 5.75 Å². The predicted octanol–water partition coefficient (Wildman–Crippen LogP) is 1.34. The molecule has 7 heteroatoms. The maximum atomic E-state index is 12.4. The molecule has 0 aliphatic carbocycles. The van der Waals surface area contributed by atoms with Crippen LogP contribution in [0.3, 0.4) is 0 Å². The van der Waals surface area contributed by atoms with Gasteiger partial charge in [-0.1, -0.05) is 20.8 Å². The Balaban J connectivity index is 2.89. The lowest BCUT2D eigenvalue weighted by atomic mass is 10.1. The van der Waals surface area contributed by atoms with Gasteiger partial charge in [0.1, 0.15) is 16.2 Å². The van der Waals surface area contributed by atoms with E-state index in [0.717, 1.165) is 16.7 Å². The fourth-order valence-corrected chi connectivity index (χ4v) is 2.94. The van der Waals surface area contributed by atoms with Gasteiger partial charge in [-0.15, -0.1) is 11.8 Å². The van der Waals surface area contributed by atoms with Crippen molar-refractivity contribution in [3.05, 3.63) is 26.7 Å². The van der Waals surface area contributed by atoms with Crippen LogP contribution in [0.5, 0.6) is 0 Å². The Hall–Kier alpha value is -1.63. The molecule has 0 fully saturated rings. The maximum absolute atomic E-state index is 12.4. The summed E-state index contributed by atoms with van der Waals surface area (Å²) in [7, 11) is 3.11. The molecule has 0 aliphatic heterocycles. The van der Waals surface area contributed by atoms with Crippen LogP contribution >= 0.6 is 11.8 Å². The van der Waals surface area contributed by atoms with Crippen LogP contribution in [0.1, 0.15) is 26.6 Å². The summed E-state index contributed by atoms with van der Waals surface area (Å²) in [4.78, 5) is 33.4. The third-order valence-corrected chi connectivity index (χ3v) is 4.04. The molecule has 2 rings (SSSR count). The molecule has 0 spiro atoms. The van der Waals surface area contributed by atoms with E-state index in [1.54, 1.807) is 7.05 Å². The molecule has 0 saturated carbocycles. The quantitative estimate of drug-likeness (QED) is 0.629. The van der Waals surface area contributed by atoms with Gasteiger partial charge in [0, 0.05) is 20.5 Å². The third-order valence-electron chi connectivity index (χ3n) is 3.18.